The van der Waals surface area contributed by atoms with Crippen LogP contribution in [0.3, 0.4) is 0 Å². The van der Waals surface area contributed by atoms with Gasteiger partial charge in [-0.25, -0.2) is 0 Å². The Balaban J connectivity index is 1.61. The van der Waals surface area contributed by atoms with Gasteiger partial charge in [-0.05, 0) is 18.4 Å². The highest BCUT2D eigenvalue weighted by atomic mass is 32.1. The monoisotopic (exact) mass is 303 g/mol. The quantitative estimate of drug-likeness (QED) is 0.922. The van der Waals surface area contributed by atoms with Crippen molar-refractivity contribution < 1.29 is 5.11 Å². The number of rotatable bonds is 5. The summed E-state index contributed by atoms with van der Waals surface area (Å²) in [6.07, 6.45) is 3.87. The Kier molecular flexibility index (Phi) is 4.51. The van der Waals surface area contributed by atoms with Crippen molar-refractivity contribution in [1.82, 2.24) is 10.2 Å². The minimum absolute atomic E-state index is 0.149. The number of hydrogen-bond donors (Lipinski definition) is 1. The van der Waals surface area contributed by atoms with Gasteiger partial charge in [-0.2, -0.15) is 0 Å². The number of aromatic nitrogens is 2. The number of nitrogens with zero attached hydrogens (tertiary/aromatic N) is 3. The molecule has 4 nitrogen and oxygen atoms in total. The average Bonchev–Trinajstić information content (AvgIpc) is 3.10. The third-order valence-corrected chi connectivity index (χ3v) is 5.15. The van der Waals surface area contributed by atoms with E-state index in [1.165, 1.54) is 5.56 Å². The van der Waals surface area contributed by atoms with Crippen molar-refractivity contribution in [1.29, 1.82) is 0 Å². The SMILES string of the molecule is CN(CC1CCCC1O)c1nnc(Cc2ccccc2)s1. The van der Waals surface area contributed by atoms with Crippen molar-refractivity contribution in [2.24, 2.45) is 5.92 Å². The molecule has 1 aromatic heterocycles. The zero-order chi connectivity index (χ0) is 14.7. The lowest BCUT2D eigenvalue weighted by atomic mass is 10.1. The zero-order valence-electron chi connectivity index (χ0n) is 12.3. The molecule has 1 heterocycles. The van der Waals surface area contributed by atoms with E-state index in [4.69, 9.17) is 0 Å². The smallest absolute Gasteiger partial charge is 0.208 e. The Bertz CT molecular complexity index is 572. The molecule has 0 saturated heterocycles. The fraction of sp³-hybridized carbons (Fsp3) is 0.500. The van der Waals surface area contributed by atoms with E-state index < -0.39 is 0 Å². The molecule has 1 saturated carbocycles. The van der Waals surface area contributed by atoms with E-state index in [0.717, 1.165) is 42.4 Å². The maximum Gasteiger partial charge on any atom is 0.208 e. The van der Waals surface area contributed by atoms with Crippen molar-refractivity contribution in [3.63, 3.8) is 0 Å². The summed E-state index contributed by atoms with van der Waals surface area (Å²) in [5.74, 6) is 0.372. The molecule has 1 aromatic carbocycles. The van der Waals surface area contributed by atoms with E-state index in [0.29, 0.717) is 5.92 Å². The van der Waals surface area contributed by atoms with E-state index in [-0.39, 0.29) is 6.10 Å². The summed E-state index contributed by atoms with van der Waals surface area (Å²) in [4.78, 5) is 2.13. The molecule has 5 heteroatoms. The Morgan fingerprint density at radius 1 is 1.24 bits per heavy atom. The normalized spacial score (nSPS) is 21.6. The molecule has 21 heavy (non-hydrogen) atoms. The van der Waals surface area contributed by atoms with Crippen molar-refractivity contribution in [3.05, 3.63) is 40.9 Å². The van der Waals surface area contributed by atoms with Crippen LogP contribution < -0.4 is 4.90 Å². The van der Waals surface area contributed by atoms with Crippen LogP contribution in [0.1, 0.15) is 29.8 Å². The van der Waals surface area contributed by atoms with E-state index in [1.54, 1.807) is 11.3 Å². The Labute approximate surface area is 129 Å². The van der Waals surface area contributed by atoms with Gasteiger partial charge in [-0.15, -0.1) is 10.2 Å². The molecule has 3 rings (SSSR count). The Morgan fingerprint density at radius 2 is 2.05 bits per heavy atom. The lowest BCUT2D eigenvalue weighted by Gasteiger charge is -2.22. The number of aliphatic hydroxyl groups excluding tert-OH is 1. The summed E-state index contributed by atoms with van der Waals surface area (Å²) in [5.41, 5.74) is 1.26. The van der Waals surface area contributed by atoms with Crippen LogP contribution in [0, 0.1) is 5.92 Å². The molecule has 0 bridgehead atoms. The molecule has 2 unspecified atom stereocenters. The van der Waals surface area contributed by atoms with Gasteiger partial charge < -0.3 is 10.0 Å². The van der Waals surface area contributed by atoms with Crippen LogP contribution in [-0.2, 0) is 6.42 Å². The van der Waals surface area contributed by atoms with Gasteiger partial charge in [-0.3, -0.25) is 0 Å². The van der Waals surface area contributed by atoms with Gasteiger partial charge in [0.25, 0.3) is 0 Å². The minimum Gasteiger partial charge on any atom is -0.393 e. The maximum atomic E-state index is 9.93. The van der Waals surface area contributed by atoms with Crippen LogP contribution in [0.2, 0.25) is 0 Å². The fourth-order valence-electron chi connectivity index (χ4n) is 2.90. The third kappa shape index (κ3) is 3.60. The van der Waals surface area contributed by atoms with Gasteiger partial charge in [0, 0.05) is 25.9 Å². The first-order valence-corrected chi connectivity index (χ1v) is 8.29. The summed E-state index contributed by atoms with van der Waals surface area (Å²) < 4.78 is 0. The molecular formula is C16H21N3OS. The van der Waals surface area contributed by atoms with Gasteiger partial charge >= 0.3 is 0 Å². The second-order valence-corrected chi connectivity index (χ2v) is 6.82. The van der Waals surface area contributed by atoms with Crippen LogP contribution in [0.4, 0.5) is 5.13 Å². The molecule has 0 radical (unpaired) electrons. The summed E-state index contributed by atoms with van der Waals surface area (Å²) in [6.45, 7) is 0.862. The van der Waals surface area contributed by atoms with E-state index in [9.17, 15) is 5.11 Å². The van der Waals surface area contributed by atoms with E-state index in [2.05, 4.69) is 27.2 Å². The first kappa shape index (κ1) is 14.5. The van der Waals surface area contributed by atoms with Gasteiger partial charge in [0.05, 0.1) is 6.10 Å². The van der Waals surface area contributed by atoms with Gasteiger partial charge in [0.2, 0.25) is 5.13 Å². The van der Waals surface area contributed by atoms with Crippen LogP contribution in [-0.4, -0.2) is 35.0 Å². The minimum atomic E-state index is -0.149. The second kappa shape index (κ2) is 6.54. The molecule has 2 aromatic rings. The van der Waals surface area contributed by atoms with Crippen molar-refractivity contribution >= 4 is 16.5 Å². The Morgan fingerprint density at radius 3 is 2.76 bits per heavy atom. The van der Waals surface area contributed by atoms with Gasteiger partial charge in [0.15, 0.2) is 0 Å². The van der Waals surface area contributed by atoms with Crippen LogP contribution in [0.5, 0.6) is 0 Å². The zero-order valence-corrected chi connectivity index (χ0v) is 13.1. The largest absolute Gasteiger partial charge is 0.393 e. The number of anilines is 1. The second-order valence-electron chi connectivity index (χ2n) is 5.78. The Hall–Kier alpha value is -1.46. The average molecular weight is 303 g/mol. The molecule has 2 atom stereocenters. The molecule has 1 aliphatic rings. The first-order valence-electron chi connectivity index (χ1n) is 7.48. The number of hydrogen-bond acceptors (Lipinski definition) is 5. The maximum absolute atomic E-state index is 9.93. The topological polar surface area (TPSA) is 49.2 Å². The van der Waals surface area contributed by atoms with Crippen LogP contribution in [0.15, 0.2) is 30.3 Å². The highest BCUT2D eigenvalue weighted by Crippen LogP contribution is 2.28. The predicted octanol–water partition coefficient (Wildman–Crippen LogP) is 2.73. The molecule has 0 amide bonds. The molecule has 0 aliphatic heterocycles. The van der Waals surface area contributed by atoms with Crippen molar-refractivity contribution in [2.45, 2.75) is 31.8 Å². The molecule has 1 fully saturated rings. The summed E-state index contributed by atoms with van der Waals surface area (Å²) in [7, 11) is 2.04. The highest BCUT2D eigenvalue weighted by molar-refractivity contribution is 7.15. The number of aliphatic hydroxyl groups is 1. The predicted molar refractivity (Wildman–Crippen MR) is 85.8 cm³/mol. The van der Waals surface area contributed by atoms with Gasteiger partial charge in [0.1, 0.15) is 5.01 Å². The highest BCUT2D eigenvalue weighted by Gasteiger charge is 2.27. The lowest BCUT2D eigenvalue weighted by Crippen LogP contribution is -2.29. The molecule has 1 N–H and O–H groups in total. The summed E-state index contributed by atoms with van der Waals surface area (Å²) in [6, 6.07) is 10.3. The first-order chi connectivity index (χ1) is 10.2. The van der Waals surface area contributed by atoms with Crippen molar-refractivity contribution in [3.8, 4) is 0 Å². The number of benzene rings is 1. The summed E-state index contributed by atoms with van der Waals surface area (Å²) >= 11 is 1.64. The molecule has 0 spiro atoms. The third-order valence-electron chi connectivity index (χ3n) is 4.11. The molecule has 1 aliphatic carbocycles. The van der Waals surface area contributed by atoms with E-state index in [1.807, 2.05) is 25.2 Å². The van der Waals surface area contributed by atoms with Crippen molar-refractivity contribution in [2.75, 3.05) is 18.5 Å². The molecular weight excluding hydrogens is 282 g/mol. The van der Waals surface area contributed by atoms with Crippen LogP contribution >= 0.6 is 11.3 Å². The van der Waals surface area contributed by atoms with Gasteiger partial charge in [-0.1, -0.05) is 48.1 Å². The van der Waals surface area contributed by atoms with Crippen LogP contribution in [0.25, 0.3) is 0 Å². The summed E-state index contributed by atoms with van der Waals surface area (Å²) in [5, 5.41) is 20.5. The fourth-order valence-corrected chi connectivity index (χ4v) is 3.74. The molecule has 112 valence electrons. The van der Waals surface area contributed by atoms with E-state index >= 15 is 0 Å². The standard InChI is InChI=1S/C16H21N3OS/c1-19(11-13-8-5-9-14(13)20)16-18-17-15(21-16)10-12-6-3-2-4-7-12/h2-4,6-7,13-14,20H,5,8-11H2,1H3. The lowest BCUT2D eigenvalue weighted by molar-refractivity contribution is 0.136.